The van der Waals surface area contributed by atoms with E-state index in [0.717, 1.165) is 16.8 Å². The van der Waals surface area contributed by atoms with Crippen LogP contribution < -0.4 is 4.90 Å². The molecule has 0 aliphatic rings. The number of aliphatic imine (C=N–C) groups is 1. The summed E-state index contributed by atoms with van der Waals surface area (Å²) in [7, 11) is 3.05. The number of nitrogens with zero attached hydrogens (tertiary/aromatic N) is 2. The first-order valence-corrected chi connectivity index (χ1v) is 11.4. The zero-order valence-electron chi connectivity index (χ0n) is 20.2. The van der Waals surface area contributed by atoms with Gasteiger partial charge in [0, 0.05) is 37.0 Å². The molecule has 0 aliphatic heterocycles. The number of amides is 1. The van der Waals surface area contributed by atoms with Gasteiger partial charge in [0.15, 0.2) is 5.88 Å². The van der Waals surface area contributed by atoms with E-state index < -0.39 is 5.82 Å². The number of aromatic hydroxyl groups is 1. The van der Waals surface area contributed by atoms with Crippen molar-refractivity contribution in [1.82, 2.24) is 4.98 Å². The molecule has 0 saturated carbocycles. The fraction of sp³-hybridized carbons (Fsp3) is 0.179. The third-order valence-electron chi connectivity index (χ3n) is 6.00. The molecule has 1 amide bonds. The molecule has 1 heterocycles. The molecule has 4 aromatic rings. The van der Waals surface area contributed by atoms with Gasteiger partial charge in [-0.3, -0.25) is 9.59 Å². The summed E-state index contributed by atoms with van der Waals surface area (Å²) in [5.41, 5.74) is 4.38. The lowest BCUT2D eigenvalue weighted by molar-refractivity contribution is -0.140. The molecule has 0 atom stereocenters. The van der Waals surface area contributed by atoms with E-state index >= 15 is 0 Å². The lowest BCUT2D eigenvalue weighted by atomic mass is 9.98. The van der Waals surface area contributed by atoms with Crippen molar-refractivity contribution < 1.29 is 23.8 Å². The molecule has 4 rings (SSSR count). The van der Waals surface area contributed by atoms with E-state index in [9.17, 15) is 19.1 Å². The van der Waals surface area contributed by atoms with E-state index in [1.54, 1.807) is 37.4 Å². The third kappa shape index (κ3) is 5.27. The predicted molar refractivity (Wildman–Crippen MR) is 138 cm³/mol. The molecule has 0 spiro atoms. The quantitative estimate of drug-likeness (QED) is 0.274. The molecule has 36 heavy (non-hydrogen) atoms. The number of carbonyl (C=O) groups is 2. The average molecular weight is 488 g/mol. The Kier molecular flexibility index (Phi) is 7.15. The molecule has 184 valence electrons. The smallest absolute Gasteiger partial charge is 0.305 e. The first kappa shape index (κ1) is 24.7. The lowest BCUT2D eigenvalue weighted by Crippen LogP contribution is -2.22. The number of aromatic nitrogens is 1. The zero-order valence-corrected chi connectivity index (χ0v) is 20.2. The van der Waals surface area contributed by atoms with Gasteiger partial charge in [0.05, 0.1) is 29.6 Å². The number of methoxy groups -OCH3 is 1. The van der Waals surface area contributed by atoms with E-state index in [1.807, 2.05) is 24.3 Å². The van der Waals surface area contributed by atoms with Crippen molar-refractivity contribution in [2.75, 3.05) is 19.1 Å². The number of carbonyl (C=O) groups excluding carboxylic acids is 2. The molecule has 0 fully saturated rings. The molecular formula is C28H26FN3O4. The molecule has 0 unspecified atom stereocenters. The van der Waals surface area contributed by atoms with Crippen LogP contribution in [-0.2, 0) is 20.7 Å². The number of nitrogens with one attached hydrogen (secondary N) is 1. The second-order valence-corrected chi connectivity index (χ2v) is 8.37. The van der Waals surface area contributed by atoms with Crippen LogP contribution in [0.4, 0.5) is 15.8 Å². The lowest BCUT2D eigenvalue weighted by Gasteiger charge is -2.15. The number of esters is 1. The maximum atomic E-state index is 13.8. The van der Waals surface area contributed by atoms with Gasteiger partial charge in [-0.25, -0.2) is 9.38 Å². The van der Waals surface area contributed by atoms with Crippen molar-refractivity contribution in [3.8, 4) is 5.88 Å². The van der Waals surface area contributed by atoms with E-state index in [0.29, 0.717) is 34.3 Å². The minimum atomic E-state index is -0.422. The van der Waals surface area contributed by atoms with Crippen LogP contribution >= 0.6 is 0 Å². The minimum absolute atomic E-state index is 0.0878. The minimum Gasteiger partial charge on any atom is -0.494 e. The number of anilines is 1. The van der Waals surface area contributed by atoms with Crippen LogP contribution in [0, 0.1) is 5.82 Å². The van der Waals surface area contributed by atoms with E-state index in [-0.39, 0.29) is 24.2 Å². The monoisotopic (exact) mass is 487 g/mol. The summed E-state index contributed by atoms with van der Waals surface area (Å²) in [4.78, 5) is 32.4. The maximum Gasteiger partial charge on any atom is 0.305 e. The van der Waals surface area contributed by atoms with Crippen molar-refractivity contribution in [2.24, 2.45) is 4.99 Å². The summed E-state index contributed by atoms with van der Waals surface area (Å²) in [5.74, 6) is -0.919. The van der Waals surface area contributed by atoms with Crippen molar-refractivity contribution in [3.05, 3.63) is 89.2 Å². The Morgan fingerprint density at radius 2 is 1.75 bits per heavy atom. The van der Waals surface area contributed by atoms with Crippen molar-refractivity contribution in [1.29, 1.82) is 0 Å². The molecule has 8 heteroatoms. The molecule has 3 aromatic carbocycles. The number of aromatic amines is 1. The molecule has 7 nitrogen and oxygen atoms in total. The van der Waals surface area contributed by atoms with E-state index in [4.69, 9.17) is 9.73 Å². The van der Waals surface area contributed by atoms with Crippen LogP contribution in [0.3, 0.4) is 0 Å². The molecule has 1 aromatic heterocycles. The summed E-state index contributed by atoms with van der Waals surface area (Å²) in [6.45, 7) is 1.49. The SMILES string of the molecule is COC(=O)CCc1ccc(C(=Nc2ccc(N(C)C(C)=O)cc2)c2c(O)[nH]c3cc(F)ccc23)cc1. The van der Waals surface area contributed by atoms with Gasteiger partial charge < -0.3 is 19.7 Å². The maximum absolute atomic E-state index is 13.8. The first-order chi connectivity index (χ1) is 17.3. The predicted octanol–water partition coefficient (Wildman–Crippen LogP) is 5.27. The normalized spacial score (nSPS) is 11.5. The van der Waals surface area contributed by atoms with E-state index in [2.05, 4.69) is 4.98 Å². The van der Waals surface area contributed by atoms with Crippen molar-refractivity contribution in [3.63, 3.8) is 0 Å². The topological polar surface area (TPSA) is 95.0 Å². The van der Waals surface area contributed by atoms with Crippen molar-refractivity contribution in [2.45, 2.75) is 19.8 Å². The highest BCUT2D eigenvalue weighted by Crippen LogP contribution is 2.32. The highest BCUT2D eigenvalue weighted by molar-refractivity contribution is 6.21. The number of H-pyrrole nitrogens is 1. The molecule has 0 saturated heterocycles. The van der Waals surface area contributed by atoms with Gasteiger partial charge in [0.2, 0.25) is 5.91 Å². The average Bonchev–Trinajstić information content (AvgIpc) is 3.20. The third-order valence-corrected chi connectivity index (χ3v) is 6.00. The number of hydrogen-bond acceptors (Lipinski definition) is 5. The fourth-order valence-corrected chi connectivity index (χ4v) is 3.90. The highest BCUT2D eigenvalue weighted by Gasteiger charge is 2.19. The number of rotatable bonds is 7. The number of halogens is 1. The molecule has 2 N–H and O–H groups in total. The first-order valence-electron chi connectivity index (χ1n) is 11.4. The van der Waals surface area contributed by atoms with Crippen LogP contribution in [-0.4, -0.2) is 41.8 Å². The Morgan fingerprint density at radius 1 is 1.06 bits per heavy atom. The number of aryl methyl sites for hydroxylation is 1. The van der Waals surface area contributed by atoms with Gasteiger partial charge in [0.25, 0.3) is 0 Å². The van der Waals surface area contributed by atoms with Gasteiger partial charge in [0.1, 0.15) is 5.82 Å². The second-order valence-electron chi connectivity index (χ2n) is 8.37. The van der Waals surface area contributed by atoms with Crippen LogP contribution in [0.1, 0.15) is 30.0 Å². The van der Waals surface area contributed by atoms with Crippen molar-refractivity contribution >= 4 is 39.9 Å². The summed E-state index contributed by atoms with van der Waals surface area (Å²) in [6.07, 6.45) is 0.800. The van der Waals surface area contributed by atoms with E-state index in [1.165, 1.54) is 31.1 Å². The number of benzene rings is 3. The van der Waals surface area contributed by atoms with Crippen LogP contribution in [0.15, 0.2) is 71.7 Å². The largest absolute Gasteiger partial charge is 0.494 e. The fourth-order valence-electron chi connectivity index (χ4n) is 3.90. The van der Waals surface area contributed by atoms with Gasteiger partial charge in [-0.2, -0.15) is 0 Å². The summed E-state index contributed by atoms with van der Waals surface area (Å²) < 4.78 is 18.5. The standard InChI is InChI=1S/C28H26FN3O4/c1-17(33)32(2)22-12-10-21(11-13-22)30-27(19-7-4-18(5-8-19)6-15-25(34)36-3)26-23-14-9-20(29)16-24(23)31-28(26)35/h4-5,7-14,16,31,35H,6,15H2,1-3H3. The van der Waals surface area contributed by atoms with Gasteiger partial charge in [-0.15, -0.1) is 0 Å². The Bertz CT molecular complexity index is 1440. The Balaban J connectivity index is 1.78. The summed E-state index contributed by atoms with van der Waals surface area (Å²) >= 11 is 0. The Labute approximate surface area is 207 Å². The Morgan fingerprint density at radius 3 is 2.39 bits per heavy atom. The van der Waals surface area contributed by atoms with Crippen LogP contribution in [0.5, 0.6) is 5.88 Å². The summed E-state index contributed by atoms with van der Waals surface area (Å²) in [6, 6.07) is 18.9. The number of hydrogen-bond donors (Lipinski definition) is 2. The summed E-state index contributed by atoms with van der Waals surface area (Å²) in [5, 5.41) is 11.4. The van der Waals surface area contributed by atoms with Crippen LogP contribution in [0.2, 0.25) is 0 Å². The number of ether oxygens (including phenoxy) is 1. The second kappa shape index (κ2) is 10.4. The van der Waals surface area contributed by atoms with Gasteiger partial charge >= 0.3 is 5.97 Å². The highest BCUT2D eigenvalue weighted by atomic mass is 19.1. The Hall–Kier alpha value is -4.46. The van der Waals surface area contributed by atoms with Gasteiger partial charge in [-0.1, -0.05) is 24.3 Å². The zero-order chi connectivity index (χ0) is 25.8. The number of fused-ring (bicyclic) bond motifs is 1. The molecule has 0 aliphatic carbocycles. The molecule has 0 radical (unpaired) electrons. The van der Waals surface area contributed by atoms with Crippen LogP contribution in [0.25, 0.3) is 10.9 Å². The molecular weight excluding hydrogens is 461 g/mol. The molecule has 0 bridgehead atoms. The van der Waals surface area contributed by atoms with Gasteiger partial charge in [-0.05, 0) is 54.4 Å².